The smallest absolute Gasteiger partial charge is 0.144 e. The molecular weight excluding hydrogens is 404 g/mol. The average Bonchev–Trinajstić information content (AvgIpc) is 2.84. The molecule has 0 bridgehead atoms. The summed E-state index contributed by atoms with van der Waals surface area (Å²) < 4.78 is 11.4. The normalized spacial score (nSPS) is 10.4. The number of methoxy groups -OCH3 is 1. The van der Waals surface area contributed by atoms with E-state index in [1.54, 1.807) is 14.2 Å². The van der Waals surface area contributed by atoms with E-state index >= 15 is 0 Å². The fourth-order valence-electron chi connectivity index (χ4n) is 3.24. The summed E-state index contributed by atoms with van der Waals surface area (Å²) in [6, 6.07) is 25.4. The van der Waals surface area contributed by atoms with Gasteiger partial charge in [-0.3, -0.25) is 10.3 Å². The molecular formula is C25H24N4O3. The molecule has 0 unspecified atom stereocenters. The molecule has 1 aromatic heterocycles. The third kappa shape index (κ3) is 5.14. The number of hydrogen-bond donors (Lipinski definition) is 2. The van der Waals surface area contributed by atoms with Crippen LogP contribution in [0.2, 0.25) is 0 Å². The fourth-order valence-corrected chi connectivity index (χ4v) is 3.24. The van der Waals surface area contributed by atoms with Gasteiger partial charge in [-0.1, -0.05) is 42.5 Å². The number of para-hydroxylation sites is 1. The summed E-state index contributed by atoms with van der Waals surface area (Å²) in [5, 5.41) is 3.30. The molecule has 0 aliphatic heterocycles. The topological polar surface area (TPSA) is 77.5 Å². The van der Waals surface area contributed by atoms with Gasteiger partial charge in [0.05, 0.1) is 19.9 Å². The lowest BCUT2D eigenvalue weighted by Gasteiger charge is -2.14. The SMILES string of the molecule is CONc1cc(Nc2cc(-c3ccccc3OCc3ccccc3)ncn2)ccc1OC. The molecule has 0 amide bonds. The van der Waals surface area contributed by atoms with Crippen molar-refractivity contribution in [3.05, 3.63) is 90.8 Å². The summed E-state index contributed by atoms with van der Waals surface area (Å²) in [4.78, 5) is 13.8. The number of nitrogens with one attached hydrogen (secondary N) is 2. The largest absolute Gasteiger partial charge is 0.495 e. The summed E-state index contributed by atoms with van der Waals surface area (Å²) in [6.07, 6.45) is 1.53. The maximum Gasteiger partial charge on any atom is 0.144 e. The molecule has 2 N–H and O–H groups in total. The van der Waals surface area contributed by atoms with Gasteiger partial charge in [0.15, 0.2) is 0 Å². The molecule has 0 aliphatic carbocycles. The molecule has 4 rings (SSSR count). The van der Waals surface area contributed by atoms with Gasteiger partial charge in [0, 0.05) is 17.3 Å². The van der Waals surface area contributed by atoms with Crippen molar-refractivity contribution in [2.75, 3.05) is 25.0 Å². The second kappa shape index (κ2) is 10.3. The lowest BCUT2D eigenvalue weighted by molar-refractivity contribution is 0.268. The van der Waals surface area contributed by atoms with Crippen molar-refractivity contribution in [2.45, 2.75) is 6.61 Å². The van der Waals surface area contributed by atoms with Gasteiger partial charge in [0.25, 0.3) is 0 Å². The van der Waals surface area contributed by atoms with E-state index in [0.717, 1.165) is 28.3 Å². The molecule has 7 heteroatoms. The van der Waals surface area contributed by atoms with E-state index in [-0.39, 0.29) is 0 Å². The van der Waals surface area contributed by atoms with Crippen molar-refractivity contribution in [3.8, 4) is 22.8 Å². The van der Waals surface area contributed by atoms with Crippen LogP contribution in [0.4, 0.5) is 17.2 Å². The Morgan fingerprint density at radius 3 is 2.44 bits per heavy atom. The van der Waals surface area contributed by atoms with Crippen molar-refractivity contribution in [1.29, 1.82) is 0 Å². The number of ether oxygens (including phenoxy) is 2. The van der Waals surface area contributed by atoms with Crippen LogP contribution in [0, 0.1) is 0 Å². The Morgan fingerprint density at radius 2 is 1.62 bits per heavy atom. The zero-order valence-corrected chi connectivity index (χ0v) is 17.9. The van der Waals surface area contributed by atoms with E-state index in [1.165, 1.54) is 6.33 Å². The maximum absolute atomic E-state index is 6.09. The van der Waals surface area contributed by atoms with Crippen LogP contribution < -0.4 is 20.3 Å². The standard InChI is InChI=1S/C25H24N4O3/c1-30-24-13-12-19(14-22(24)29-31-2)28-25-15-21(26-17-27-25)20-10-6-7-11-23(20)32-16-18-8-4-3-5-9-18/h3-15,17,29H,16H2,1-2H3,(H,26,27,28). The summed E-state index contributed by atoms with van der Waals surface area (Å²) >= 11 is 0. The van der Waals surface area contributed by atoms with Gasteiger partial charge < -0.3 is 14.8 Å². The molecule has 0 fully saturated rings. The van der Waals surface area contributed by atoms with E-state index in [4.69, 9.17) is 14.3 Å². The van der Waals surface area contributed by atoms with Crippen LogP contribution in [-0.4, -0.2) is 24.2 Å². The molecule has 4 aromatic rings. The van der Waals surface area contributed by atoms with Crippen LogP contribution in [-0.2, 0) is 11.4 Å². The first-order valence-electron chi connectivity index (χ1n) is 10.1. The van der Waals surface area contributed by atoms with Crippen LogP contribution in [0.15, 0.2) is 85.2 Å². The van der Waals surface area contributed by atoms with E-state index in [0.29, 0.717) is 23.9 Å². The minimum atomic E-state index is 0.481. The van der Waals surface area contributed by atoms with Crippen molar-refractivity contribution in [3.63, 3.8) is 0 Å². The van der Waals surface area contributed by atoms with Gasteiger partial charge in [-0.2, -0.15) is 0 Å². The summed E-state index contributed by atoms with van der Waals surface area (Å²) in [5.41, 5.74) is 7.09. The van der Waals surface area contributed by atoms with Gasteiger partial charge in [-0.25, -0.2) is 9.97 Å². The summed E-state index contributed by atoms with van der Waals surface area (Å²) in [6.45, 7) is 0.481. The van der Waals surface area contributed by atoms with Gasteiger partial charge >= 0.3 is 0 Å². The molecule has 162 valence electrons. The number of nitrogens with zero attached hydrogens (tertiary/aromatic N) is 2. The van der Waals surface area contributed by atoms with Crippen LogP contribution in [0.5, 0.6) is 11.5 Å². The number of hydrogen-bond acceptors (Lipinski definition) is 7. The van der Waals surface area contributed by atoms with Crippen LogP contribution in [0.25, 0.3) is 11.3 Å². The van der Waals surface area contributed by atoms with E-state index in [9.17, 15) is 0 Å². The zero-order chi connectivity index (χ0) is 22.2. The highest BCUT2D eigenvalue weighted by Crippen LogP contribution is 2.32. The van der Waals surface area contributed by atoms with Crippen LogP contribution in [0.3, 0.4) is 0 Å². The average molecular weight is 428 g/mol. The molecule has 0 saturated heterocycles. The molecule has 0 atom stereocenters. The first-order valence-corrected chi connectivity index (χ1v) is 10.1. The van der Waals surface area contributed by atoms with E-state index < -0.39 is 0 Å². The first-order chi connectivity index (χ1) is 15.8. The lowest BCUT2D eigenvalue weighted by atomic mass is 10.1. The van der Waals surface area contributed by atoms with Gasteiger partial charge in [-0.15, -0.1) is 0 Å². The Labute approximate surface area is 187 Å². The second-order valence-corrected chi connectivity index (χ2v) is 6.91. The molecule has 3 aromatic carbocycles. The monoisotopic (exact) mass is 428 g/mol. The lowest BCUT2D eigenvalue weighted by Crippen LogP contribution is -2.01. The third-order valence-electron chi connectivity index (χ3n) is 4.75. The Morgan fingerprint density at radius 1 is 0.812 bits per heavy atom. The summed E-state index contributed by atoms with van der Waals surface area (Å²) in [5.74, 6) is 2.09. The number of aromatic nitrogens is 2. The quantitative estimate of drug-likeness (QED) is 0.343. The van der Waals surface area contributed by atoms with Crippen LogP contribution >= 0.6 is 0 Å². The van der Waals surface area contributed by atoms with Crippen molar-refractivity contribution in [2.24, 2.45) is 0 Å². The number of benzene rings is 3. The Bertz CT molecular complexity index is 1170. The highest BCUT2D eigenvalue weighted by atomic mass is 16.6. The predicted molar refractivity (Wildman–Crippen MR) is 125 cm³/mol. The third-order valence-corrected chi connectivity index (χ3v) is 4.75. The van der Waals surface area contributed by atoms with Crippen molar-refractivity contribution >= 4 is 17.2 Å². The first kappa shape index (κ1) is 21.1. The zero-order valence-electron chi connectivity index (χ0n) is 17.9. The van der Waals surface area contributed by atoms with Gasteiger partial charge in [0.1, 0.15) is 35.9 Å². The van der Waals surface area contributed by atoms with Crippen molar-refractivity contribution in [1.82, 2.24) is 9.97 Å². The summed E-state index contributed by atoms with van der Waals surface area (Å²) in [7, 11) is 3.16. The molecule has 0 radical (unpaired) electrons. The predicted octanol–water partition coefficient (Wildman–Crippen LogP) is 5.45. The minimum absolute atomic E-state index is 0.481. The van der Waals surface area contributed by atoms with Crippen LogP contribution in [0.1, 0.15) is 5.56 Å². The highest BCUT2D eigenvalue weighted by Gasteiger charge is 2.10. The molecule has 0 aliphatic rings. The van der Waals surface area contributed by atoms with E-state index in [2.05, 4.69) is 20.8 Å². The Hall–Kier alpha value is -4.10. The van der Waals surface area contributed by atoms with E-state index in [1.807, 2.05) is 78.9 Å². The molecule has 1 heterocycles. The molecule has 32 heavy (non-hydrogen) atoms. The molecule has 0 saturated carbocycles. The number of anilines is 3. The highest BCUT2D eigenvalue weighted by molar-refractivity contribution is 5.72. The van der Waals surface area contributed by atoms with Gasteiger partial charge in [0.2, 0.25) is 0 Å². The fraction of sp³-hybridized carbons (Fsp3) is 0.120. The minimum Gasteiger partial charge on any atom is -0.495 e. The number of rotatable bonds is 9. The Balaban J connectivity index is 1.55. The maximum atomic E-state index is 6.09. The Kier molecular flexibility index (Phi) is 6.79. The molecule has 0 spiro atoms. The van der Waals surface area contributed by atoms with Gasteiger partial charge in [-0.05, 0) is 35.9 Å². The van der Waals surface area contributed by atoms with Crippen molar-refractivity contribution < 1.29 is 14.3 Å². The second-order valence-electron chi connectivity index (χ2n) is 6.91. The molecule has 7 nitrogen and oxygen atoms in total.